The topological polar surface area (TPSA) is 76.4 Å². The SMILES string of the molecule is CCCCCCc1c(C(=O)CC(C)CC(=O)C(=O)O)c2cc(Cl)ccc2n1C. The molecule has 1 aromatic heterocycles. The van der Waals surface area contributed by atoms with Gasteiger partial charge >= 0.3 is 5.97 Å². The monoisotopic (exact) mass is 405 g/mol. The lowest BCUT2D eigenvalue weighted by atomic mass is 9.93. The van der Waals surface area contributed by atoms with Crippen LogP contribution in [0.5, 0.6) is 0 Å². The van der Waals surface area contributed by atoms with E-state index in [1.807, 2.05) is 25.2 Å². The fourth-order valence-corrected chi connectivity index (χ4v) is 3.86. The summed E-state index contributed by atoms with van der Waals surface area (Å²) >= 11 is 6.18. The predicted octanol–water partition coefficient (Wildman–Crippen LogP) is 5.21. The summed E-state index contributed by atoms with van der Waals surface area (Å²) in [6.07, 6.45) is 5.20. The Kier molecular flexibility index (Phi) is 7.81. The van der Waals surface area contributed by atoms with Gasteiger partial charge in [-0.25, -0.2) is 4.79 Å². The Hall–Kier alpha value is -2.14. The lowest BCUT2D eigenvalue weighted by molar-refractivity contribution is -0.149. The molecule has 0 saturated heterocycles. The van der Waals surface area contributed by atoms with Crippen LogP contribution in [0, 0.1) is 5.92 Å². The minimum atomic E-state index is -1.45. The molecule has 0 amide bonds. The third-order valence-corrected chi connectivity index (χ3v) is 5.37. The highest BCUT2D eigenvalue weighted by atomic mass is 35.5. The molecule has 28 heavy (non-hydrogen) atoms. The molecule has 1 atom stereocenters. The fraction of sp³-hybridized carbons (Fsp3) is 0.500. The zero-order chi connectivity index (χ0) is 20.8. The Balaban J connectivity index is 2.33. The summed E-state index contributed by atoms with van der Waals surface area (Å²) in [5.41, 5.74) is 2.59. The number of benzene rings is 1. The first-order valence-corrected chi connectivity index (χ1v) is 10.2. The zero-order valence-corrected chi connectivity index (χ0v) is 17.5. The second-order valence-electron chi connectivity index (χ2n) is 7.52. The largest absolute Gasteiger partial charge is 0.476 e. The summed E-state index contributed by atoms with van der Waals surface area (Å²) < 4.78 is 2.05. The number of Topliss-reactive ketones (excluding diaryl/α,β-unsaturated/α-hetero) is 2. The molecular weight excluding hydrogens is 378 g/mol. The van der Waals surface area contributed by atoms with Gasteiger partial charge in [-0.3, -0.25) is 9.59 Å². The minimum Gasteiger partial charge on any atom is -0.476 e. The molecule has 0 aliphatic carbocycles. The number of carbonyl (C=O) groups is 3. The van der Waals surface area contributed by atoms with Gasteiger partial charge in [-0.1, -0.05) is 44.7 Å². The van der Waals surface area contributed by atoms with Crippen LogP contribution in [0.1, 0.15) is 68.4 Å². The van der Waals surface area contributed by atoms with Crippen molar-refractivity contribution < 1.29 is 19.5 Å². The number of rotatable bonds is 11. The first kappa shape index (κ1) is 22.2. The van der Waals surface area contributed by atoms with Crippen molar-refractivity contribution in [2.75, 3.05) is 0 Å². The van der Waals surface area contributed by atoms with Crippen molar-refractivity contribution in [3.63, 3.8) is 0 Å². The van der Waals surface area contributed by atoms with Gasteiger partial charge in [0.15, 0.2) is 5.78 Å². The van der Waals surface area contributed by atoms with E-state index in [4.69, 9.17) is 16.7 Å². The quantitative estimate of drug-likeness (QED) is 0.316. The van der Waals surface area contributed by atoms with E-state index in [-0.39, 0.29) is 24.5 Å². The highest BCUT2D eigenvalue weighted by Gasteiger charge is 2.24. The van der Waals surface area contributed by atoms with Gasteiger partial charge < -0.3 is 9.67 Å². The van der Waals surface area contributed by atoms with Gasteiger partial charge in [0.2, 0.25) is 5.78 Å². The average molecular weight is 406 g/mol. The van der Waals surface area contributed by atoms with Crippen LogP contribution in [0.4, 0.5) is 0 Å². The normalized spacial score (nSPS) is 12.3. The van der Waals surface area contributed by atoms with Crippen molar-refractivity contribution >= 4 is 40.0 Å². The Morgan fingerprint density at radius 1 is 1.14 bits per heavy atom. The Labute approximate surface area is 170 Å². The number of hydrogen-bond donors (Lipinski definition) is 1. The molecule has 0 bridgehead atoms. The van der Waals surface area contributed by atoms with Gasteiger partial charge in [0.25, 0.3) is 0 Å². The number of fused-ring (bicyclic) bond motifs is 1. The third kappa shape index (κ3) is 5.22. The number of halogens is 1. The molecular formula is C22H28ClNO4. The van der Waals surface area contributed by atoms with Gasteiger partial charge in [0, 0.05) is 47.1 Å². The highest BCUT2D eigenvalue weighted by Crippen LogP contribution is 2.31. The number of carboxylic acid groups (broad SMARTS) is 1. The summed E-state index contributed by atoms with van der Waals surface area (Å²) in [5.74, 6) is -2.71. The Bertz CT molecular complexity index is 884. The average Bonchev–Trinajstić information content (AvgIpc) is 2.89. The summed E-state index contributed by atoms with van der Waals surface area (Å²) in [6.45, 7) is 3.89. The van der Waals surface area contributed by atoms with Crippen LogP contribution in [0.2, 0.25) is 5.02 Å². The number of hydrogen-bond acceptors (Lipinski definition) is 3. The fourth-order valence-electron chi connectivity index (χ4n) is 3.69. The first-order valence-electron chi connectivity index (χ1n) is 9.82. The van der Waals surface area contributed by atoms with Crippen molar-refractivity contribution in [3.8, 4) is 0 Å². The summed E-state index contributed by atoms with van der Waals surface area (Å²) in [4.78, 5) is 35.4. The summed E-state index contributed by atoms with van der Waals surface area (Å²) in [7, 11) is 1.96. The molecule has 2 aromatic rings. The van der Waals surface area contributed by atoms with Gasteiger partial charge in [0.1, 0.15) is 0 Å². The van der Waals surface area contributed by atoms with Gasteiger partial charge in [-0.05, 0) is 37.0 Å². The second kappa shape index (κ2) is 9.87. The second-order valence-corrected chi connectivity index (χ2v) is 7.95. The molecule has 1 aromatic carbocycles. The molecule has 0 aliphatic rings. The number of ketones is 2. The standard InChI is InChI=1S/C22H28ClNO4/c1-4-5-6-7-8-18-21(16-13-15(23)9-10-17(16)24(18)3)19(25)11-14(2)12-20(26)22(27)28/h9-10,13-14H,4-8,11-12H2,1-3H3,(H,27,28). The minimum absolute atomic E-state index is 0.0657. The number of aromatic nitrogens is 1. The number of nitrogens with zero attached hydrogens (tertiary/aromatic N) is 1. The van der Waals surface area contributed by atoms with Crippen molar-refractivity contribution in [1.82, 2.24) is 4.57 Å². The van der Waals surface area contributed by atoms with E-state index >= 15 is 0 Å². The molecule has 0 radical (unpaired) electrons. The molecule has 6 heteroatoms. The van der Waals surface area contributed by atoms with E-state index in [0.717, 1.165) is 48.7 Å². The van der Waals surface area contributed by atoms with E-state index in [0.29, 0.717) is 10.6 Å². The van der Waals surface area contributed by atoms with Crippen LogP contribution < -0.4 is 0 Å². The maximum absolute atomic E-state index is 13.1. The molecule has 0 fully saturated rings. The highest BCUT2D eigenvalue weighted by molar-refractivity contribution is 6.32. The molecule has 1 unspecified atom stereocenters. The maximum atomic E-state index is 13.1. The number of carbonyl (C=O) groups excluding carboxylic acids is 2. The number of aliphatic carboxylic acids is 1. The summed E-state index contributed by atoms with van der Waals surface area (Å²) in [6, 6.07) is 5.54. The molecule has 0 saturated carbocycles. The number of carboxylic acids is 1. The van der Waals surface area contributed by atoms with Crippen LogP contribution in [-0.4, -0.2) is 27.2 Å². The van der Waals surface area contributed by atoms with Gasteiger partial charge in [0.05, 0.1) is 0 Å². The molecule has 152 valence electrons. The predicted molar refractivity (Wildman–Crippen MR) is 111 cm³/mol. The smallest absolute Gasteiger partial charge is 0.372 e. The number of unbranched alkanes of at least 4 members (excludes halogenated alkanes) is 3. The van der Waals surface area contributed by atoms with E-state index < -0.39 is 11.8 Å². The zero-order valence-electron chi connectivity index (χ0n) is 16.8. The molecule has 0 spiro atoms. The molecule has 1 N–H and O–H groups in total. The molecule has 5 nitrogen and oxygen atoms in total. The molecule has 0 aliphatic heterocycles. The van der Waals surface area contributed by atoms with Crippen molar-refractivity contribution in [2.45, 2.75) is 58.8 Å². The van der Waals surface area contributed by atoms with E-state index in [1.165, 1.54) is 0 Å². The number of aryl methyl sites for hydroxylation is 1. The van der Waals surface area contributed by atoms with E-state index in [9.17, 15) is 14.4 Å². The van der Waals surface area contributed by atoms with Gasteiger partial charge in [-0.2, -0.15) is 0 Å². The van der Waals surface area contributed by atoms with Crippen LogP contribution in [0.15, 0.2) is 18.2 Å². The Morgan fingerprint density at radius 2 is 1.86 bits per heavy atom. The lowest BCUT2D eigenvalue weighted by Crippen LogP contribution is -2.18. The van der Waals surface area contributed by atoms with E-state index in [2.05, 4.69) is 11.5 Å². The molecule has 2 rings (SSSR count). The van der Waals surface area contributed by atoms with Crippen LogP contribution >= 0.6 is 11.6 Å². The van der Waals surface area contributed by atoms with E-state index in [1.54, 1.807) is 6.92 Å². The third-order valence-electron chi connectivity index (χ3n) is 5.13. The lowest BCUT2D eigenvalue weighted by Gasteiger charge is -2.11. The Morgan fingerprint density at radius 3 is 2.50 bits per heavy atom. The van der Waals surface area contributed by atoms with Crippen molar-refractivity contribution in [1.29, 1.82) is 0 Å². The first-order chi connectivity index (χ1) is 13.3. The van der Waals surface area contributed by atoms with Crippen LogP contribution in [0.3, 0.4) is 0 Å². The van der Waals surface area contributed by atoms with Crippen LogP contribution in [0.25, 0.3) is 10.9 Å². The summed E-state index contributed by atoms with van der Waals surface area (Å²) in [5, 5.41) is 10.2. The van der Waals surface area contributed by atoms with Crippen molar-refractivity contribution in [3.05, 3.63) is 34.5 Å². The maximum Gasteiger partial charge on any atom is 0.372 e. The van der Waals surface area contributed by atoms with Gasteiger partial charge in [-0.15, -0.1) is 0 Å². The molecule has 1 heterocycles. The van der Waals surface area contributed by atoms with Crippen molar-refractivity contribution in [2.24, 2.45) is 13.0 Å². The van der Waals surface area contributed by atoms with Crippen LogP contribution in [-0.2, 0) is 23.1 Å².